The minimum atomic E-state index is -0.699. The number of hydrogen-bond donors (Lipinski definition) is 0. The first-order valence-corrected chi connectivity index (χ1v) is 13.1. The van der Waals surface area contributed by atoms with Crippen LogP contribution in [-0.2, 0) is 29.2 Å². The van der Waals surface area contributed by atoms with Crippen LogP contribution in [0.2, 0.25) is 0 Å². The summed E-state index contributed by atoms with van der Waals surface area (Å²) in [6.07, 6.45) is 1.08. The van der Waals surface area contributed by atoms with Crippen LogP contribution in [0.25, 0.3) is 22.3 Å². The topological polar surface area (TPSA) is 121 Å². The van der Waals surface area contributed by atoms with Crippen LogP contribution in [0.4, 0.5) is 8.78 Å². The number of pyridine rings is 2. The summed E-state index contributed by atoms with van der Waals surface area (Å²) in [5, 5.41) is 8.90. The van der Waals surface area contributed by atoms with Gasteiger partial charge in [-0.3, -0.25) is 4.79 Å². The third-order valence-corrected chi connectivity index (χ3v) is 6.71. The molecule has 0 unspecified atom stereocenters. The fraction of sp³-hybridized carbons (Fsp3) is 0.194. The van der Waals surface area contributed by atoms with Gasteiger partial charge in [-0.15, -0.1) is 0 Å². The van der Waals surface area contributed by atoms with Crippen molar-refractivity contribution in [1.82, 2.24) is 19.1 Å². The predicted octanol–water partition coefficient (Wildman–Crippen LogP) is 4.47. The normalized spacial score (nSPS) is 11.0. The highest BCUT2D eigenvalue weighted by Gasteiger charge is 2.17. The van der Waals surface area contributed by atoms with Gasteiger partial charge in [0.1, 0.15) is 24.1 Å². The van der Waals surface area contributed by atoms with Gasteiger partial charge in [0, 0.05) is 43.1 Å². The van der Waals surface area contributed by atoms with Crippen molar-refractivity contribution in [3.63, 3.8) is 0 Å². The summed E-state index contributed by atoms with van der Waals surface area (Å²) in [4.78, 5) is 34.1. The second-order valence-electron chi connectivity index (χ2n) is 9.44. The Morgan fingerprint density at radius 3 is 2.60 bits per heavy atom. The summed E-state index contributed by atoms with van der Waals surface area (Å²) in [7, 11) is 2.85. The van der Waals surface area contributed by atoms with E-state index in [0.29, 0.717) is 35.6 Å². The number of carbonyl (C=O) groups excluding carboxylic acids is 1. The fourth-order valence-electron chi connectivity index (χ4n) is 4.52. The molecule has 218 valence electrons. The molecule has 2 aromatic carbocycles. The van der Waals surface area contributed by atoms with Gasteiger partial charge in [0.25, 0.3) is 5.56 Å². The number of hydrogen-bond acceptors (Lipinski definition) is 8. The van der Waals surface area contributed by atoms with Crippen LogP contribution in [0, 0.1) is 23.0 Å². The number of imidazole rings is 1. The van der Waals surface area contributed by atoms with Crippen molar-refractivity contribution in [3.8, 4) is 23.2 Å². The second-order valence-corrected chi connectivity index (χ2v) is 9.44. The Labute approximate surface area is 244 Å². The highest BCUT2D eigenvalue weighted by Crippen LogP contribution is 2.24. The number of methoxy groups -OCH3 is 2. The van der Waals surface area contributed by atoms with Crippen LogP contribution in [-0.4, -0.2) is 45.9 Å². The maximum absolute atomic E-state index is 15.4. The number of carbonyl (C=O) groups is 1. The number of halogens is 2. The van der Waals surface area contributed by atoms with Crippen LogP contribution in [0.1, 0.15) is 27.3 Å². The lowest BCUT2D eigenvalue weighted by Crippen LogP contribution is -2.23. The zero-order valence-corrected chi connectivity index (χ0v) is 23.2. The SMILES string of the molecule is COCCn1c(Cn2cc(F)c(-c3cccc(OCc4ccc(C#N)cc4F)n3)cc2=O)nc2ccc(C(=O)OC)cc21. The van der Waals surface area contributed by atoms with Gasteiger partial charge >= 0.3 is 5.97 Å². The number of fused-ring (bicyclic) bond motifs is 1. The van der Waals surface area contributed by atoms with E-state index in [2.05, 4.69) is 9.97 Å². The Balaban J connectivity index is 1.41. The van der Waals surface area contributed by atoms with Gasteiger partial charge in [0.2, 0.25) is 5.88 Å². The van der Waals surface area contributed by atoms with Gasteiger partial charge < -0.3 is 23.3 Å². The molecule has 5 rings (SSSR count). The first-order chi connectivity index (χ1) is 20.8. The van der Waals surface area contributed by atoms with Crippen LogP contribution in [0.15, 0.2) is 71.7 Å². The number of rotatable bonds is 10. The number of nitrogens with zero attached hydrogens (tertiary/aromatic N) is 5. The highest BCUT2D eigenvalue weighted by atomic mass is 19.1. The summed E-state index contributed by atoms with van der Waals surface area (Å²) >= 11 is 0. The van der Waals surface area contributed by atoms with E-state index in [1.54, 1.807) is 31.4 Å². The molecule has 0 radical (unpaired) electrons. The molecule has 0 aliphatic carbocycles. The molecular formula is C31H25F2N5O5. The molecule has 0 aliphatic rings. The molecule has 0 bridgehead atoms. The van der Waals surface area contributed by atoms with Crippen molar-refractivity contribution >= 4 is 17.0 Å². The van der Waals surface area contributed by atoms with Crippen LogP contribution < -0.4 is 10.3 Å². The Morgan fingerprint density at radius 2 is 1.86 bits per heavy atom. The zero-order chi connectivity index (χ0) is 30.5. The van der Waals surface area contributed by atoms with E-state index in [1.807, 2.05) is 10.6 Å². The van der Waals surface area contributed by atoms with E-state index >= 15 is 4.39 Å². The molecule has 10 nitrogen and oxygen atoms in total. The quantitative estimate of drug-likeness (QED) is 0.220. The van der Waals surface area contributed by atoms with Crippen molar-refractivity contribution in [1.29, 1.82) is 5.26 Å². The van der Waals surface area contributed by atoms with Crippen LogP contribution in [0.3, 0.4) is 0 Å². The van der Waals surface area contributed by atoms with E-state index in [9.17, 15) is 14.0 Å². The zero-order valence-electron chi connectivity index (χ0n) is 23.2. The maximum atomic E-state index is 15.4. The van der Waals surface area contributed by atoms with Gasteiger partial charge in [0.05, 0.1) is 54.2 Å². The Bertz CT molecular complexity index is 1930. The Kier molecular flexibility index (Phi) is 8.54. The summed E-state index contributed by atoms with van der Waals surface area (Å²) in [5.74, 6) is -1.23. The molecule has 0 fully saturated rings. The van der Waals surface area contributed by atoms with E-state index in [4.69, 9.17) is 19.5 Å². The Morgan fingerprint density at radius 1 is 1.02 bits per heavy atom. The molecule has 0 N–H and O–H groups in total. The van der Waals surface area contributed by atoms with Gasteiger partial charge in [-0.25, -0.2) is 23.5 Å². The summed E-state index contributed by atoms with van der Waals surface area (Å²) in [6, 6.07) is 16.6. The molecule has 5 aromatic rings. The molecule has 0 saturated carbocycles. The molecule has 12 heteroatoms. The van der Waals surface area contributed by atoms with E-state index in [1.165, 1.54) is 35.9 Å². The number of aromatic nitrogens is 4. The van der Waals surface area contributed by atoms with Gasteiger partial charge in [-0.05, 0) is 36.4 Å². The molecule has 0 amide bonds. The van der Waals surface area contributed by atoms with E-state index < -0.39 is 23.2 Å². The molecule has 3 aromatic heterocycles. The van der Waals surface area contributed by atoms with Crippen molar-refractivity contribution in [3.05, 3.63) is 111 Å². The largest absolute Gasteiger partial charge is 0.473 e. The average Bonchev–Trinajstić information content (AvgIpc) is 3.36. The molecular weight excluding hydrogens is 560 g/mol. The molecule has 0 atom stereocenters. The second kappa shape index (κ2) is 12.6. The lowest BCUT2D eigenvalue weighted by Gasteiger charge is -2.12. The lowest BCUT2D eigenvalue weighted by molar-refractivity contribution is 0.0601. The monoisotopic (exact) mass is 585 g/mol. The number of ether oxygens (including phenoxy) is 3. The number of esters is 1. The van der Waals surface area contributed by atoms with Gasteiger partial charge in [-0.1, -0.05) is 12.1 Å². The summed E-state index contributed by atoms with van der Waals surface area (Å²) < 4.78 is 48.3. The summed E-state index contributed by atoms with van der Waals surface area (Å²) in [5.41, 5.74) is 1.60. The van der Waals surface area contributed by atoms with Crippen LogP contribution >= 0.6 is 0 Å². The molecule has 43 heavy (non-hydrogen) atoms. The first-order valence-electron chi connectivity index (χ1n) is 13.1. The third kappa shape index (κ3) is 6.27. The minimum absolute atomic E-state index is 0.0353. The molecule has 0 spiro atoms. The predicted molar refractivity (Wildman–Crippen MR) is 151 cm³/mol. The number of benzene rings is 2. The van der Waals surface area contributed by atoms with Crippen molar-refractivity contribution < 1.29 is 27.8 Å². The smallest absolute Gasteiger partial charge is 0.337 e. The molecule has 0 saturated heterocycles. The average molecular weight is 586 g/mol. The van der Waals surface area contributed by atoms with Gasteiger partial charge in [0.15, 0.2) is 0 Å². The van der Waals surface area contributed by atoms with Crippen LogP contribution in [0.5, 0.6) is 5.88 Å². The van der Waals surface area contributed by atoms with Gasteiger partial charge in [-0.2, -0.15) is 5.26 Å². The van der Waals surface area contributed by atoms with E-state index in [0.717, 1.165) is 18.3 Å². The van der Waals surface area contributed by atoms with Crippen molar-refractivity contribution in [2.75, 3.05) is 20.8 Å². The molecule has 3 heterocycles. The fourth-order valence-corrected chi connectivity index (χ4v) is 4.52. The highest BCUT2D eigenvalue weighted by molar-refractivity contribution is 5.93. The number of nitriles is 1. The molecule has 0 aliphatic heterocycles. The maximum Gasteiger partial charge on any atom is 0.337 e. The standard InChI is InChI=1S/C31H25F2N5O5/c1-41-11-10-38-27-13-20(31(40)42-2)8-9-26(27)35-28(38)17-37-16-24(33)22(14-30(37)39)25-4-3-5-29(36-25)43-18-21-7-6-19(15-34)12-23(21)32/h3-9,12-14,16H,10-11,17-18H2,1-2H3. The lowest BCUT2D eigenvalue weighted by atomic mass is 10.1. The minimum Gasteiger partial charge on any atom is -0.473 e. The van der Waals surface area contributed by atoms with Crippen molar-refractivity contribution in [2.24, 2.45) is 0 Å². The third-order valence-electron chi connectivity index (χ3n) is 6.71. The van der Waals surface area contributed by atoms with E-state index in [-0.39, 0.29) is 41.4 Å². The summed E-state index contributed by atoms with van der Waals surface area (Å²) in [6.45, 7) is 0.508. The first kappa shape index (κ1) is 29.1. The Hall–Kier alpha value is -5.41. The van der Waals surface area contributed by atoms with Crippen molar-refractivity contribution in [2.45, 2.75) is 19.7 Å².